The Kier molecular flexibility index (Phi) is 5.82. The van der Waals surface area contributed by atoms with Gasteiger partial charge in [0.1, 0.15) is 5.76 Å². The van der Waals surface area contributed by atoms with Gasteiger partial charge in [-0.05, 0) is 54.1 Å². The molecule has 1 atom stereocenters. The lowest BCUT2D eigenvalue weighted by Gasteiger charge is -2.25. The molecule has 1 saturated heterocycles. The number of rotatable bonds is 4. The minimum Gasteiger partial charge on any atom is -0.507 e. The fraction of sp³-hybridized carbons (Fsp3) is 0.0833. The Morgan fingerprint density at radius 3 is 2.31 bits per heavy atom. The molecule has 3 aromatic carbocycles. The standard InChI is InChI=1S/C24H17Cl2NO5/c1-32-19-10-5-13(12-18(19)28)21-20(22(29)14-3-2-4-16(26)11-14)23(30)24(31)27(21)17-8-6-15(25)7-9-17/h2-12,21,28-29H,1H3/b22-20-. The SMILES string of the molecule is COc1ccc(C2/C(=C(/O)c3cccc(Cl)c3)C(=O)C(=O)N2c2ccc(Cl)cc2)cc1O. The number of phenols is 1. The van der Waals surface area contributed by atoms with E-state index in [4.69, 9.17) is 27.9 Å². The predicted octanol–water partition coefficient (Wildman–Crippen LogP) is 5.33. The van der Waals surface area contributed by atoms with Crippen molar-refractivity contribution in [2.24, 2.45) is 0 Å². The normalized spacial score (nSPS) is 17.6. The van der Waals surface area contributed by atoms with Gasteiger partial charge in [-0.2, -0.15) is 0 Å². The lowest BCUT2D eigenvalue weighted by Crippen LogP contribution is -2.29. The zero-order valence-electron chi connectivity index (χ0n) is 16.8. The molecule has 4 rings (SSSR count). The molecule has 1 unspecified atom stereocenters. The van der Waals surface area contributed by atoms with Gasteiger partial charge in [0.05, 0.1) is 18.7 Å². The number of carbonyl (C=O) groups excluding carboxylic acids is 2. The average Bonchev–Trinajstić information content (AvgIpc) is 3.04. The van der Waals surface area contributed by atoms with Crippen molar-refractivity contribution in [3.63, 3.8) is 0 Å². The zero-order valence-corrected chi connectivity index (χ0v) is 18.3. The van der Waals surface area contributed by atoms with Gasteiger partial charge in [0.15, 0.2) is 11.5 Å². The molecular weight excluding hydrogens is 453 g/mol. The average molecular weight is 470 g/mol. The molecule has 6 nitrogen and oxygen atoms in total. The van der Waals surface area contributed by atoms with E-state index in [9.17, 15) is 19.8 Å². The van der Waals surface area contributed by atoms with Crippen LogP contribution in [0.4, 0.5) is 5.69 Å². The number of nitrogens with zero attached hydrogens (tertiary/aromatic N) is 1. The first-order chi connectivity index (χ1) is 15.3. The maximum atomic E-state index is 13.1. The first-order valence-corrected chi connectivity index (χ1v) is 10.3. The lowest BCUT2D eigenvalue weighted by atomic mass is 9.95. The van der Waals surface area contributed by atoms with Crippen LogP contribution in [0.1, 0.15) is 17.2 Å². The molecule has 0 spiro atoms. The number of carbonyl (C=O) groups is 2. The van der Waals surface area contributed by atoms with E-state index in [2.05, 4.69) is 0 Å². The summed E-state index contributed by atoms with van der Waals surface area (Å²) in [7, 11) is 1.41. The van der Waals surface area contributed by atoms with Gasteiger partial charge in [-0.3, -0.25) is 14.5 Å². The molecule has 0 bridgehead atoms. The van der Waals surface area contributed by atoms with E-state index in [0.717, 1.165) is 0 Å². The summed E-state index contributed by atoms with van der Waals surface area (Å²) in [5, 5.41) is 22.2. The summed E-state index contributed by atoms with van der Waals surface area (Å²) in [6.45, 7) is 0. The second kappa shape index (κ2) is 8.57. The summed E-state index contributed by atoms with van der Waals surface area (Å²) in [5.74, 6) is -2.00. The first kappa shape index (κ1) is 21.7. The highest BCUT2D eigenvalue weighted by atomic mass is 35.5. The lowest BCUT2D eigenvalue weighted by molar-refractivity contribution is -0.132. The molecular formula is C24H17Cl2NO5. The Hall–Kier alpha value is -3.48. The molecule has 1 heterocycles. The third-order valence-corrected chi connectivity index (χ3v) is 5.65. The van der Waals surface area contributed by atoms with Crippen LogP contribution < -0.4 is 9.64 Å². The van der Waals surface area contributed by atoms with Crippen LogP contribution in [-0.4, -0.2) is 29.0 Å². The van der Waals surface area contributed by atoms with Crippen molar-refractivity contribution in [3.8, 4) is 11.5 Å². The fourth-order valence-electron chi connectivity index (χ4n) is 3.68. The van der Waals surface area contributed by atoms with Crippen LogP contribution in [0.25, 0.3) is 5.76 Å². The van der Waals surface area contributed by atoms with Crippen molar-refractivity contribution in [2.45, 2.75) is 6.04 Å². The van der Waals surface area contributed by atoms with Crippen LogP contribution in [0.5, 0.6) is 11.5 Å². The second-order valence-electron chi connectivity index (χ2n) is 7.09. The van der Waals surface area contributed by atoms with Gasteiger partial charge in [-0.1, -0.05) is 41.4 Å². The number of aliphatic hydroxyl groups excluding tert-OH is 1. The van der Waals surface area contributed by atoms with E-state index in [1.54, 1.807) is 48.5 Å². The maximum absolute atomic E-state index is 13.1. The van der Waals surface area contributed by atoms with Gasteiger partial charge < -0.3 is 14.9 Å². The molecule has 162 valence electrons. The minimum atomic E-state index is -1.01. The number of ketones is 1. The van der Waals surface area contributed by atoms with Crippen molar-refractivity contribution in [3.05, 3.63) is 93.5 Å². The summed E-state index contributed by atoms with van der Waals surface area (Å²) >= 11 is 12.0. The molecule has 3 aromatic rings. The van der Waals surface area contributed by atoms with Gasteiger partial charge >= 0.3 is 0 Å². The Bertz CT molecular complexity index is 1250. The third kappa shape index (κ3) is 3.79. The fourth-order valence-corrected chi connectivity index (χ4v) is 4.00. The highest BCUT2D eigenvalue weighted by Gasteiger charge is 2.47. The third-order valence-electron chi connectivity index (χ3n) is 5.17. The largest absolute Gasteiger partial charge is 0.507 e. The van der Waals surface area contributed by atoms with E-state index >= 15 is 0 Å². The topological polar surface area (TPSA) is 87.1 Å². The molecule has 1 amide bonds. The van der Waals surface area contributed by atoms with Gasteiger partial charge in [-0.25, -0.2) is 0 Å². The summed E-state index contributed by atoms with van der Waals surface area (Å²) in [5.41, 5.74) is 0.967. The molecule has 1 aliphatic heterocycles. The molecule has 0 saturated carbocycles. The van der Waals surface area contributed by atoms with Gasteiger partial charge in [-0.15, -0.1) is 0 Å². The molecule has 0 aliphatic carbocycles. The van der Waals surface area contributed by atoms with Gasteiger partial charge in [0.2, 0.25) is 0 Å². The van der Waals surface area contributed by atoms with Crippen LogP contribution in [0, 0.1) is 0 Å². The van der Waals surface area contributed by atoms with Crippen LogP contribution in [-0.2, 0) is 9.59 Å². The number of halogens is 2. The van der Waals surface area contributed by atoms with Gasteiger partial charge in [0.25, 0.3) is 11.7 Å². The van der Waals surface area contributed by atoms with E-state index in [0.29, 0.717) is 21.3 Å². The number of benzene rings is 3. The van der Waals surface area contributed by atoms with Crippen molar-refractivity contribution < 1.29 is 24.5 Å². The van der Waals surface area contributed by atoms with Crippen LogP contribution in [0.3, 0.4) is 0 Å². The molecule has 2 N–H and O–H groups in total. The summed E-state index contributed by atoms with van der Waals surface area (Å²) in [4.78, 5) is 27.4. The van der Waals surface area contributed by atoms with Crippen molar-refractivity contribution in [1.82, 2.24) is 0 Å². The number of hydrogen-bond donors (Lipinski definition) is 2. The van der Waals surface area contributed by atoms with Crippen molar-refractivity contribution in [1.29, 1.82) is 0 Å². The van der Waals surface area contributed by atoms with Crippen molar-refractivity contribution >= 4 is 46.3 Å². The number of aromatic hydroxyl groups is 1. The summed E-state index contributed by atoms with van der Waals surface area (Å²) in [6, 6.07) is 16.2. The number of phenolic OH excluding ortho intramolecular Hbond substituents is 1. The molecule has 0 radical (unpaired) electrons. The van der Waals surface area contributed by atoms with Gasteiger partial charge in [0, 0.05) is 21.3 Å². The summed E-state index contributed by atoms with van der Waals surface area (Å²) in [6.07, 6.45) is 0. The summed E-state index contributed by atoms with van der Waals surface area (Å²) < 4.78 is 5.10. The van der Waals surface area contributed by atoms with Crippen LogP contribution in [0.15, 0.2) is 72.3 Å². The zero-order chi connectivity index (χ0) is 23.0. The number of Topliss-reactive ketones (excluding diaryl/α,β-unsaturated/α-hetero) is 1. The van der Waals surface area contributed by atoms with E-state index in [-0.39, 0.29) is 28.4 Å². The Labute approximate surface area is 193 Å². The van der Waals surface area contributed by atoms with E-state index in [1.165, 1.54) is 30.2 Å². The van der Waals surface area contributed by atoms with E-state index in [1.807, 2.05) is 0 Å². The number of methoxy groups -OCH3 is 1. The van der Waals surface area contributed by atoms with Crippen LogP contribution >= 0.6 is 23.2 Å². The second-order valence-corrected chi connectivity index (χ2v) is 7.96. The number of aliphatic hydroxyl groups is 1. The molecule has 1 fully saturated rings. The van der Waals surface area contributed by atoms with Crippen molar-refractivity contribution in [2.75, 3.05) is 12.0 Å². The smallest absolute Gasteiger partial charge is 0.300 e. The Morgan fingerprint density at radius 2 is 1.69 bits per heavy atom. The minimum absolute atomic E-state index is 0.128. The maximum Gasteiger partial charge on any atom is 0.300 e. The number of amides is 1. The predicted molar refractivity (Wildman–Crippen MR) is 122 cm³/mol. The molecule has 32 heavy (non-hydrogen) atoms. The molecule has 1 aliphatic rings. The highest BCUT2D eigenvalue weighted by molar-refractivity contribution is 6.51. The Morgan fingerprint density at radius 1 is 0.969 bits per heavy atom. The molecule has 0 aromatic heterocycles. The quantitative estimate of drug-likeness (QED) is 0.306. The Balaban J connectivity index is 1.96. The molecule has 8 heteroatoms. The van der Waals surface area contributed by atoms with Crippen LogP contribution in [0.2, 0.25) is 10.0 Å². The highest BCUT2D eigenvalue weighted by Crippen LogP contribution is 2.44. The number of anilines is 1. The van der Waals surface area contributed by atoms with E-state index < -0.39 is 17.7 Å². The number of hydrogen-bond acceptors (Lipinski definition) is 5. The number of ether oxygens (including phenoxy) is 1. The first-order valence-electron chi connectivity index (χ1n) is 9.51. The monoisotopic (exact) mass is 469 g/mol.